The number of pyridine rings is 1. The molecule has 8 heteroatoms. The van der Waals surface area contributed by atoms with Crippen molar-refractivity contribution in [2.45, 2.75) is 39.2 Å². The Kier molecular flexibility index (Phi) is 7.07. The van der Waals surface area contributed by atoms with Crippen LogP contribution in [0.15, 0.2) is 29.9 Å². The number of hydrogen-bond acceptors (Lipinski definition) is 6. The largest absolute Gasteiger partial charge is 0.346 e. The Hall–Kier alpha value is -1.80. The van der Waals surface area contributed by atoms with Gasteiger partial charge in [0.1, 0.15) is 10.8 Å². The quantitative estimate of drug-likeness (QED) is 0.675. The van der Waals surface area contributed by atoms with Crippen molar-refractivity contribution in [1.82, 2.24) is 15.3 Å². The second-order valence-electron chi connectivity index (χ2n) is 5.90. The summed E-state index contributed by atoms with van der Waals surface area (Å²) in [6.45, 7) is 3.81. The van der Waals surface area contributed by atoms with E-state index in [0.717, 1.165) is 29.1 Å². The van der Waals surface area contributed by atoms with Crippen molar-refractivity contribution < 1.29 is 13.2 Å². The number of thiazole rings is 1. The molecule has 0 saturated carbocycles. The standard InChI is InChI=1S/C17H23N3O3S2/c1-3-4-5-10-25(22,23)12-16(21)19-13(2)17-20-15(11-24-17)14-6-8-18-9-7-14/h6-9,11,13H,3-5,10,12H2,1-2H3,(H,19,21). The fourth-order valence-electron chi connectivity index (χ4n) is 2.33. The van der Waals surface area contributed by atoms with Crippen molar-refractivity contribution in [3.63, 3.8) is 0 Å². The molecule has 6 nitrogen and oxygen atoms in total. The van der Waals surface area contributed by atoms with Gasteiger partial charge in [-0.15, -0.1) is 11.3 Å². The highest BCUT2D eigenvalue weighted by Crippen LogP contribution is 2.24. The zero-order valence-corrected chi connectivity index (χ0v) is 16.1. The van der Waals surface area contributed by atoms with Gasteiger partial charge in [0.25, 0.3) is 0 Å². The molecule has 0 saturated heterocycles. The summed E-state index contributed by atoms with van der Waals surface area (Å²) in [5, 5.41) is 5.38. The SMILES string of the molecule is CCCCCS(=O)(=O)CC(=O)NC(C)c1nc(-c2ccncc2)cs1. The lowest BCUT2D eigenvalue weighted by molar-refractivity contribution is -0.119. The van der Waals surface area contributed by atoms with Gasteiger partial charge < -0.3 is 5.32 Å². The molecule has 0 fully saturated rings. The number of amides is 1. The molecule has 1 N–H and O–H groups in total. The summed E-state index contributed by atoms with van der Waals surface area (Å²) in [5.41, 5.74) is 1.77. The Morgan fingerprint density at radius 2 is 2.00 bits per heavy atom. The Balaban J connectivity index is 1.92. The van der Waals surface area contributed by atoms with Crippen LogP contribution in [0.4, 0.5) is 0 Å². The molecule has 0 aliphatic rings. The second-order valence-corrected chi connectivity index (χ2v) is 8.97. The molecule has 136 valence electrons. The maximum Gasteiger partial charge on any atom is 0.235 e. The number of rotatable bonds is 9. The van der Waals surface area contributed by atoms with Crippen LogP contribution < -0.4 is 5.32 Å². The summed E-state index contributed by atoms with van der Waals surface area (Å²) in [4.78, 5) is 20.5. The molecule has 0 aliphatic heterocycles. The lowest BCUT2D eigenvalue weighted by Crippen LogP contribution is -2.33. The predicted octanol–water partition coefficient (Wildman–Crippen LogP) is 2.99. The van der Waals surface area contributed by atoms with Crippen LogP contribution in [0.25, 0.3) is 11.3 Å². The molecule has 2 aromatic rings. The van der Waals surface area contributed by atoms with Gasteiger partial charge in [0.05, 0.1) is 17.5 Å². The van der Waals surface area contributed by atoms with Crippen LogP contribution in [0.5, 0.6) is 0 Å². The van der Waals surface area contributed by atoms with E-state index in [0.29, 0.717) is 6.42 Å². The van der Waals surface area contributed by atoms with Crippen molar-refractivity contribution in [1.29, 1.82) is 0 Å². The van der Waals surface area contributed by atoms with Crippen LogP contribution in [-0.2, 0) is 14.6 Å². The Labute approximate surface area is 152 Å². The summed E-state index contributed by atoms with van der Waals surface area (Å²) in [6, 6.07) is 3.40. The van der Waals surface area contributed by atoms with E-state index in [1.165, 1.54) is 11.3 Å². The monoisotopic (exact) mass is 381 g/mol. The minimum atomic E-state index is -3.35. The first kappa shape index (κ1) is 19.5. The highest BCUT2D eigenvalue weighted by atomic mass is 32.2. The van der Waals surface area contributed by atoms with Crippen molar-refractivity contribution in [3.05, 3.63) is 34.9 Å². The summed E-state index contributed by atoms with van der Waals surface area (Å²) in [7, 11) is -3.35. The molecular weight excluding hydrogens is 358 g/mol. The number of aromatic nitrogens is 2. The number of sulfone groups is 1. The third kappa shape index (κ3) is 6.21. The van der Waals surface area contributed by atoms with Gasteiger partial charge in [0.2, 0.25) is 5.91 Å². The van der Waals surface area contributed by atoms with Crippen molar-refractivity contribution >= 4 is 27.1 Å². The van der Waals surface area contributed by atoms with E-state index >= 15 is 0 Å². The highest BCUT2D eigenvalue weighted by molar-refractivity contribution is 7.92. The molecule has 2 aromatic heterocycles. The van der Waals surface area contributed by atoms with Crippen LogP contribution >= 0.6 is 11.3 Å². The summed E-state index contributed by atoms with van der Waals surface area (Å²) < 4.78 is 23.9. The molecule has 2 rings (SSSR count). The normalized spacial score (nSPS) is 12.7. The molecule has 25 heavy (non-hydrogen) atoms. The first-order chi connectivity index (χ1) is 11.9. The van der Waals surface area contributed by atoms with E-state index in [1.54, 1.807) is 19.3 Å². The number of nitrogens with zero attached hydrogens (tertiary/aromatic N) is 2. The maximum atomic E-state index is 12.0. The van der Waals surface area contributed by atoms with E-state index in [2.05, 4.69) is 15.3 Å². The van der Waals surface area contributed by atoms with Gasteiger partial charge in [-0.1, -0.05) is 19.8 Å². The van der Waals surface area contributed by atoms with Gasteiger partial charge in [-0.25, -0.2) is 13.4 Å². The molecule has 0 radical (unpaired) electrons. The van der Waals surface area contributed by atoms with Gasteiger partial charge in [-0.05, 0) is 25.5 Å². The average Bonchev–Trinajstić information content (AvgIpc) is 3.05. The van der Waals surface area contributed by atoms with E-state index in [1.807, 2.05) is 24.4 Å². The number of nitrogens with one attached hydrogen (secondary N) is 1. The third-order valence-corrected chi connectivity index (χ3v) is 6.30. The Bertz CT molecular complexity index is 788. The minimum Gasteiger partial charge on any atom is -0.346 e. The van der Waals surface area contributed by atoms with Crippen LogP contribution in [0, 0.1) is 0 Å². The van der Waals surface area contributed by atoms with Crippen LogP contribution in [-0.4, -0.2) is 35.8 Å². The zero-order chi connectivity index (χ0) is 18.3. The predicted molar refractivity (Wildman–Crippen MR) is 100 cm³/mol. The Morgan fingerprint density at radius 3 is 2.68 bits per heavy atom. The van der Waals surface area contributed by atoms with Crippen molar-refractivity contribution in [2.24, 2.45) is 0 Å². The maximum absolute atomic E-state index is 12.0. The second kappa shape index (κ2) is 9.05. The fraction of sp³-hybridized carbons (Fsp3) is 0.471. The molecular formula is C17H23N3O3S2. The Morgan fingerprint density at radius 1 is 1.28 bits per heavy atom. The van der Waals surface area contributed by atoms with E-state index in [-0.39, 0.29) is 11.8 Å². The van der Waals surface area contributed by atoms with Crippen LogP contribution in [0.1, 0.15) is 44.2 Å². The molecule has 0 spiro atoms. The fourth-order valence-corrected chi connectivity index (χ4v) is 4.44. The van der Waals surface area contributed by atoms with E-state index in [4.69, 9.17) is 0 Å². The number of hydrogen-bond donors (Lipinski definition) is 1. The summed E-state index contributed by atoms with van der Waals surface area (Å²) >= 11 is 1.43. The summed E-state index contributed by atoms with van der Waals surface area (Å²) in [5.74, 6) is -0.889. The zero-order valence-electron chi connectivity index (χ0n) is 14.4. The first-order valence-corrected chi connectivity index (χ1v) is 11.0. The van der Waals surface area contributed by atoms with Crippen molar-refractivity contribution in [2.75, 3.05) is 11.5 Å². The molecule has 1 amide bonds. The van der Waals surface area contributed by atoms with Crippen LogP contribution in [0.2, 0.25) is 0 Å². The molecule has 0 aromatic carbocycles. The molecule has 1 unspecified atom stereocenters. The first-order valence-electron chi connectivity index (χ1n) is 8.27. The molecule has 0 bridgehead atoms. The minimum absolute atomic E-state index is 0.0616. The molecule has 1 atom stereocenters. The lowest BCUT2D eigenvalue weighted by Gasteiger charge is -2.11. The van der Waals surface area contributed by atoms with Gasteiger partial charge in [-0.2, -0.15) is 0 Å². The van der Waals surface area contributed by atoms with Gasteiger partial charge in [-0.3, -0.25) is 9.78 Å². The number of unbranched alkanes of at least 4 members (excludes halogenated alkanes) is 2. The molecule has 0 aliphatic carbocycles. The lowest BCUT2D eigenvalue weighted by atomic mass is 10.2. The van der Waals surface area contributed by atoms with Gasteiger partial charge in [0.15, 0.2) is 9.84 Å². The highest BCUT2D eigenvalue weighted by Gasteiger charge is 2.19. The van der Waals surface area contributed by atoms with Crippen LogP contribution in [0.3, 0.4) is 0 Å². The number of carbonyl (C=O) groups is 1. The smallest absolute Gasteiger partial charge is 0.235 e. The van der Waals surface area contributed by atoms with Gasteiger partial charge in [0, 0.05) is 23.3 Å². The average molecular weight is 382 g/mol. The van der Waals surface area contributed by atoms with E-state index in [9.17, 15) is 13.2 Å². The van der Waals surface area contributed by atoms with Crippen molar-refractivity contribution in [3.8, 4) is 11.3 Å². The van der Waals surface area contributed by atoms with Gasteiger partial charge >= 0.3 is 0 Å². The third-order valence-electron chi connectivity index (χ3n) is 3.66. The topological polar surface area (TPSA) is 89.0 Å². The molecule has 2 heterocycles. The van der Waals surface area contributed by atoms with E-state index < -0.39 is 21.5 Å². The number of carbonyl (C=O) groups excluding carboxylic acids is 1. The summed E-state index contributed by atoms with van der Waals surface area (Å²) in [6.07, 6.45) is 5.80.